The van der Waals surface area contributed by atoms with Gasteiger partial charge in [-0.15, -0.1) is 0 Å². The van der Waals surface area contributed by atoms with Crippen molar-refractivity contribution in [1.29, 1.82) is 0 Å². The van der Waals surface area contributed by atoms with E-state index in [1.54, 1.807) is 0 Å². The Morgan fingerprint density at radius 3 is 2.67 bits per heavy atom. The number of pyridine rings is 1. The molecule has 0 atom stereocenters. The largest absolute Gasteiger partial charge is 0.513 e. The number of carbonyl (C=O) groups is 2. The van der Waals surface area contributed by atoms with Crippen LogP contribution in [0.4, 0.5) is 9.18 Å². The molecule has 1 rings (SSSR count). The Labute approximate surface area is 83.3 Å². The molecule has 0 saturated carbocycles. The van der Waals surface area contributed by atoms with Crippen molar-refractivity contribution < 1.29 is 28.6 Å². The highest BCUT2D eigenvalue weighted by atomic mass is 19.1. The van der Waals surface area contributed by atoms with E-state index in [9.17, 15) is 14.0 Å². The number of aromatic nitrogens is 1. The van der Waals surface area contributed by atoms with Crippen LogP contribution in [0.1, 0.15) is 10.4 Å². The monoisotopic (exact) mass is 215 g/mol. The first kappa shape index (κ1) is 10.9. The van der Waals surface area contributed by atoms with Crippen LogP contribution < -0.4 is 4.74 Å². The third kappa shape index (κ3) is 2.63. The fraction of sp³-hybridized carbons (Fsp3) is 0.125. The van der Waals surface area contributed by atoms with Gasteiger partial charge in [-0.1, -0.05) is 0 Å². The molecule has 0 radical (unpaired) electrons. The van der Waals surface area contributed by atoms with Crippen LogP contribution in [0.25, 0.3) is 0 Å². The highest BCUT2D eigenvalue weighted by Crippen LogP contribution is 2.14. The second-order valence-electron chi connectivity index (χ2n) is 2.37. The van der Waals surface area contributed by atoms with Crippen molar-refractivity contribution in [3.8, 4) is 5.88 Å². The fourth-order valence-electron chi connectivity index (χ4n) is 0.825. The average molecular weight is 215 g/mol. The smallest absolute Gasteiger partial charge is 0.479 e. The van der Waals surface area contributed by atoms with E-state index in [0.717, 1.165) is 12.3 Å². The van der Waals surface area contributed by atoms with Crippen molar-refractivity contribution in [3.63, 3.8) is 0 Å². The number of methoxy groups -OCH3 is 1. The molecule has 0 amide bonds. The topological polar surface area (TPSA) is 85.7 Å². The Kier molecular flexibility index (Phi) is 3.17. The zero-order valence-corrected chi connectivity index (χ0v) is 7.56. The minimum absolute atomic E-state index is 0.290. The van der Waals surface area contributed by atoms with Crippen molar-refractivity contribution in [2.75, 3.05) is 7.11 Å². The molecule has 0 spiro atoms. The minimum Gasteiger partial charge on any atom is -0.479 e. The first-order valence-electron chi connectivity index (χ1n) is 3.69. The van der Waals surface area contributed by atoms with E-state index in [4.69, 9.17) is 5.11 Å². The summed E-state index contributed by atoms with van der Waals surface area (Å²) >= 11 is 0. The van der Waals surface area contributed by atoms with Crippen molar-refractivity contribution >= 4 is 12.1 Å². The number of ether oxygens (including phenoxy) is 2. The average Bonchev–Trinajstić information content (AvgIpc) is 2.16. The number of nitrogens with zero attached hydrogens (tertiary/aromatic N) is 1. The molecular formula is C8H6FNO5. The summed E-state index contributed by atoms with van der Waals surface area (Å²) in [5.74, 6) is -2.37. The van der Waals surface area contributed by atoms with E-state index in [1.165, 1.54) is 7.11 Å². The first-order chi connectivity index (χ1) is 7.04. The third-order valence-corrected chi connectivity index (χ3v) is 1.42. The predicted octanol–water partition coefficient (Wildman–Crippen LogP) is 1.06. The standard InChI is InChI=1S/C8H6FNO5/c1-14-6-5(9)2-4(3-10-6)7(11)15-8(12)13/h2-3H,1H3,(H,12,13). The van der Waals surface area contributed by atoms with Crippen LogP contribution >= 0.6 is 0 Å². The maximum absolute atomic E-state index is 13.0. The van der Waals surface area contributed by atoms with Gasteiger partial charge in [0.15, 0.2) is 5.82 Å². The molecule has 15 heavy (non-hydrogen) atoms. The van der Waals surface area contributed by atoms with E-state index in [1.807, 2.05) is 0 Å². The molecule has 0 aliphatic heterocycles. The van der Waals surface area contributed by atoms with Crippen molar-refractivity contribution in [2.45, 2.75) is 0 Å². The molecular weight excluding hydrogens is 209 g/mol. The number of rotatable bonds is 2. The normalized spacial score (nSPS) is 9.47. The van der Waals surface area contributed by atoms with Gasteiger partial charge in [0.2, 0.25) is 5.88 Å². The van der Waals surface area contributed by atoms with Gasteiger partial charge in [-0.25, -0.2) is 19.0 Å². The van der Waals surface area contributed by atoms with E-state index < -0.39 is 17.9 Å². The lowest BCUT2D eigenvalue weighted by molar-refractivity contribution is 0.0508. The van der Waals surface area contributed by atoms with E-state index in [-0.39, 0.29) is 11.4 Å². The van der Waals surface area contributed by atoms with E-state index in [2.05, 4.69) is 14.5 Å². The van der Waals surface area contributed by atoms with Gasteiger partial charge in [-0.2, -0.15) is 0 Å². The Bertz CT molecular complexity index is 406. The van der Waals surface area contributed by atoms with Crippen LogP contribution in [0, 0.1) is 5.82 Å². The zero-order chi connectivity index (χ0) is 11.4. The number of carbonyl (C=O) groups excluding carboxylic acids is 1. The molecule has 0 unspecified atom stereocenters. The van der Waals surface area contributed by atoms with Gasteiger partial charge in [-0.3, -0.25) is 0 Å². The quantitative estimate of drug-likeness (QED) is 0.586. The molecule has 0 aliphatic carbocycles. The number of hydrogen-bond acceptors (Lipinski definition) is 5. The fourth-order valence-corrected chi connectivity index (χ4v) is 0.825. The lowest BCUT2D eigenvalue weighted by Gasteiger charge is -2.02. The summed E-state index contributed by atoms with van der Waals surface area (Å²) in [5, 5.41) is 8.13. The maximum Gasteiger partial charge on any atom is 0.513 e. The second-order valence-corrected chi connectivity index (χ2v) is 2.37. The molecule has 0 aliphatic rings. The molecule has 0 saturated heterocycles. The van der Waals surface area contributed by atoms with Crippen molar-refractivity contribution in [1.82, 2.24) is 4.98 Å². The van der Waals surface area contributed by atoms with Gasteiger partial charge < -0.3 is 14.6 Å². The Morgan fingerprint density at radius 2 is 2.20 bits per heavy atom. The van der Waals surface area contributed by atoms with E-state index in [0.29, 0.717) is 0 Å². The van der Waals surface area contributed by atoms with Crippen molar-refractivity contribution in [3.05, 3.63) is 23.6 Å². The van der Waals surface area contributed by atoms with Gasteiger partial charge in [0, 0.05) is 6.20 Å². The van der Waals surface area contributed by atoms with Gasteiger partial charge in [-0.05, 0) is 6.07 Å². The van der Waals surface area contributed by atoms with Gasteiger partial charge in [0.1, 0.15) is 0 Å². The molecule has 0 bridgehead atoms. The Hall–Kier alpha value is -2.18. The third-order valence-electron chi connectivity index (χ3n) is 1.42. The minimum atomic E-state index is -1.77. The summed E-state index contributed by atoms with van der Waals surface area (Å²) in [6.45, 7) is 0. The molecule has 1 aromatic heterocycles. The van der Waals surface area contributed by atoms with Gasteiger partial charge in [0.25, 0.3) is 0 Å². The number of carboxylic acid groups (broad SMARTS) is 1. The van der Waals surface area contributed by atoms with Crippen LogP contribution in [0.2, 0.25) is 0 Å². The van der Waals surface area contributed by atoms with Crippen LogP contribution in [-0.2, 0) is 4.74 Å². The van der Waals surface area contributed by atoms with E-state index >= 15 is 0 Å². The zero-order valence-electron chi connectivity index (χ0n) is 7.56. The van der Waals surface area contributed by atoms with Gasteiger partial charge >= 0.3 is 12.1 Å². The summed E-state index contributed by atoms with van der Waals surface area (Å²) in [7, 11) is 1.21. The summed E-state index contributed by atoms with van der Waals surface area (Å²) < 4.78 is 21.3. The molecule has 1 heterocycles. The van der Waals surface area contributed by atoms with Crippen LogP contribution in [0.15, 0.2) is 12.3 Å². The molecule has 1 N–H and O–H groups in total. The first-order valence-corrected chi connectivity index (χ1v) is 3.69. The lowest BCUT2D eigenvalue weighted by Crippen LogP contribution is -2.11. The molecule has 80 valence electrons. The Balaban J connectivity index is 2.92. The maximum atomic E-state index is 13.0. The number of hydrogen-bond donors (Lipinski definition) is 1. The number of halogens is 1. The van der Waals surface area contributed by atoms with Gasteiger partial charge in [0.05, 0.1) is 12.7 Å². The second kappa shape index (κ2) is 4.36. The molecule has 0 aromatic carbocycles. The summed E-state index contributed by atoms with van der Waals surface area (Å²) in [6, 6.07) is 0.775. The van der Waals surface area contributed by atoms with Crippen LogP contribution in [-0.4, -0.2) is 29.3 Å². The highest BCUT2D eigenvalue weighted by Gasteiger charge is 2.15. The molecule has 7 heteroatoms. The van der Waals surface area contributed by atoms with Crippen LogP contribution in [0.3, 0.4) is 0 Å². The van der Waals surface area contributed by atoms with Crippen molar-refractivity contribution in [2.24, 2.45) is 0 Å². The van der Waals surface area contributed by atoms with Crippen LogP contribution in [0.5, 0.6) is 5.88 Å². The summed E-state index contributed by atoms with van der Waals surface area (Å²) in [5.41, 5.74) is -0.310. The predicted molar refractivity (Wildman–Crippen MR) is 44.2 cm³/mol. The molecule has 0 fully saturated rings. The molecule has 1 aromatic rings. The molecule has 6 nitrogen and oxygen atoms in total. The summed E-state index contributed by atoms with van der Waals surface area (Å²) in [4.78, 5) is 24.4. The number of esters is 1. The Morgan fingerprint density at radius 1 is 1.53 bits per heavy atom. The summed E-state index contributed by atoms with van der Waals surface area (Å²) in [6.07, 6.45) is -0.816. The highest BCUT2D eigenvalue weighted by molar-refractivity contribution is 5.94. The SMILES string of the molecule is COc1ncc(C(=O)OC(=O)O)cc1F. The lowest BCUT2D eigenvalue weighted by atomic mass is 10.3.